The van der Waals surface area contributed by atoms with Gasteiger partial charge in [0.25, 0.3) is 6.43 Å². The van der Waals surface area contributed by atoms with Crippen LogP contribution in [-0.2, 0) is 0 Å². The molecular formula is C13H14F2N4O2S. The lowest BCUT2D eigenvalue weighted by Crippen LogP contribution is -2.00. The third-order valence-corrected chi connectivity index (χ3v) is 3.24. The molecule has 0 unspecified atom stereocenters. The van der Waals surface area contributed by atoms with Gasteiger partial charge in [0.15, 0.2) is 11.5 Å². The lowest BCUT2D eigenvalue weighted by molar-refractivity contribution is 0.135. The number of halogens is 2. The molecule has 0 atom stereocenters. The number of aromatic nitrogens is 3. The molecule has 9 heteroatoms. The number of thioether (sulfide) groups is 1. The van der Waals surface area contributed by atoms with Crippen LogP contribution in [0.3, 0.4) is 0 Å². The van der Waals surface area contributed by atoms with Crippen LogP contribution in [0.1, 0.15) is 24.7 Å². The van der Waals surface area contributed by atoms with Gasteiger partial charge in [0.1, 0.15) is 0 Å². The molecule has 0 amide bonds. The minimum atomic E-state index is -2.77. The van der Waals surface area contributed by atoms with Gasteiger partial charge in [-0.25, -0.2) is 8.78 Å². The molecule has 0 radical (unpaired) electrons. The van der Waals surface area contributed by atoms with E-state index in [0.717, 1.165) is 16.4 Å². The van der Waals surface area contributed by atoms with Crippen LogP contribution in [0.2, 0.25) is 0 Å². The van der Waals surface area contributed by atoms with Gasteiger partial charge in [-0.15, -0.1) is 10.2 Å². The first-order valence-corrected chi connectivity index (χ1v) is 7.57. The van der Waals surface area contributed by atoms with Crippen LogP contribution in [-0.4, -0.2) is 39.1 Å². The summed E-state index contributed by atoms with van der Waals surface area (Å²) < 4.78 is 32.0. The normalized spacial score (nSPS) is 11.5. The number of alkyl halides is 2. The molecule has 0 aliphatic rings. The fraction of sp³-hybridized carbons (Fsp3) is 0.308. The van der Waals surface area contributed by atoms with Gasteiger partial charge in [-0.05, 0) is 36.9 Å². The summed E-state index contributed by atoms with van der Waals surface area (Å²) in [7, 11) is 0. The number of hydrogen-bond donors (Lipinski definition) is 1. The highest BCUT2D eigenvalue weighted by molar-refractivity contribution is 7.98. The van der Waals surface area contributed by atoms with E-state index >= 15 is 0 Å². The molecule has 0 aliphatic carbocycles. The lowest BCUT2D eigenvalue weighted by Gasteiger charge is -2.06. The minimum absolute atomic E-state index is 0.00127. The van der Waals surface area contributed by atoms with Gasteiger partial charge < -0.3 is 9.84 Å². The summed E-state index contributed by atoms with van der Waals surface area (Å²) in [5.41, 5.74) is 0.585. The Labute approximate surface area is 129 Å². The van der Waals surface area contributed by atoms with E-state index in [4.69, 9.17) is 4.74 Å². The van der Waals surface area contributed by atoms with E-state index in [2.05, 4.69) is 15.3 Å². The van der Waals surface area contributed by atoms with Crippen molar-refractivity contribution in [2.24, 2.45) is 5.10 Å². The van der Waals surface area contributed by atoms with Crippen molar-refractivity contribution in [1.29, 1.82) is 0 Å². The second-order valence-electron chi connectivity index (χ2n) is 4.06. The van der Waals surface area contributed by atoms with Gasteiger partial charge in [0.05, 0.1) is 12.8 Å². The first-order chi connectivity index (χ1) is 10.6. The molecule has 0 spiro atoms. The summed E-state index contributed by atoms with van der Waals surface area (Å²) in [6.07, 6.45) is 0.292. The molecule has 2 aromatic rings. The monoisotopic (exact) mass is 328 g/mol. The third-order valence-electron chi connectivity index (χ3n) is 2.62. The van der Waals surface area contributed by atoms with Gasteiger partial charge in [0, 0.05) is 0 Å². The maximum atomic E-state index is 12.9. The molecule has 0 bridgehead atoms. The van der Waals surface area contributed by atoms with Crippen LogP contribution >= 0.6 is 11.8 Å². The fourth-order valence-electron chi connectivity index (χ4n) is 1.66. The summed E-state index contributed by atoms with van der Waals surface area (Å²) in [6, 6.07) is 4.60. The van der Waals surface area contributed by atoms with Crippen molar-refractivity contribution in [2.45, 2.75) is 18.5 Å². The average Bonchev–Trinajstić information content (AvgIpc) is 2.91. The van der Waals surface area contributed by atoms with E-state index in [1.165, 1.54) is 12.3 Å². The zero-order chi connectivity index (χ0) is 16.1. The molecule has 118 valence electrons. The van der Waals surface area contributed by atoms with Crippen LogP contribution in [0.15, 0.2) is 28.5 Å². The Hall–Kier alpha value is -2.16. The Balaban J connectivity index is 2.32. The molecule has 22 heavy (non-hydrogen) atoms. The molecule has 1 N–H and O–H groups in total. The maximum absolute atomic E-state index is 12.9. The highest BCUT2D eigenvalue weighted by Crippen LogP contribution is 2.26. The van der Waals surface area contributed by atoms with Crippen LogP contribution in [0.4, 0.5) is 8.78 Å². The smallest absolute Gasteiger partial charge is 0.299 e. The van der Waals surface area contributed by atoms with Crippen molar-refractivity contribution >= 4 is 18.0 Å². The quantitative estimate of drug-likeness (QED) is 0.652. The molecular weight excluding hydrogens is 314 g/mol. The number of phenols is 1. The highest BCUT2D eigenvalue weighted by Gasteiger charge is 2.19. The van der Waals surface area contributed by atoms with Gasteiger partial charge in [-0.1, -0.05) is 11.8 Å². The largest absolute Gasteiger partial charge is 0.504 e. The number of rotatable bonds is 6. The first kappa shape index (κ1) is 16.2. The molecule has 1 aromatic carbocycles. The van der Waals surface area contributed by atoms with Crippen molar-refractivity contribution in [3.05, 3.63) is 29.6 Å². The molecule has 0 saturated heterocycles. The third kappa shape index (κ3) is 3.53. The molecule has 0 saturated carbocycles. The number of phenolic OH excluding ortho intramolecular Hbond substituents is 1. The summed E-state index contributed by atoms with van der Waals surface area (Å²) in [5, 5.41) is 20.9. The number of aromatic hydroxyl groups is 1. The molecule has 1 heterocycles. The predicted octanol–water partition coefficient (Wildman–Crippen LogP) is 2.92. The lowest BCUT2D eigenvalue weighted by atomic mass is 10.2. The molecule has 6 nitrogen and oxygen atoms in total. The van der Waals surface area contributed by atoms with E-state index in [1.807, 2.05) is 0 Å². The average molecular weight is 328 g/mol. The Morgan fingerprint density at radius 3 is 2.86 bits per heavy atom. The summed E-state index contributed by atoms with van der Waals surface area (Å²) in [6.45, 7) is 2.18. The van der Waals surface area contributed by atoms with Gasteiger partial charge in [-0.2, -0.15) is 9.78 Å². The zero-order valence-corrected chi connectivity index (χ0v) is 12.7. The Morgan fingerprint density at radius 2 is 2.23 bits per heavy atom. The standard InChI is InChI=1S/C13H14F2N4O2S/c1-3-21-10-6-8(4-5-9(10)20)7-16-19-12(11(14)15)17-18-13(19)22-2/h4-7,11,20H,3H2,1-2H3/b16-7+. The van der Waals surface area contributed by atoms with E-state index in [1.54, 1.807) is 25.3 Å². The zero-order valence-electron chi connectivity index (χ0n) is 11.9. The summed E-state index contributed by atoms with van der Waals surface area (Å²) in [5.74, 6) is -0.222. The first-order valence-electron chi connectivity index (χ1n) is 6.34. The van der Waals surface area contributed by atoms with Crippen molar-refractivity contribution in [2.75, 3.05) is 12.9 Å². The molecule has 2 rings (SSSR count). The van der Waals surface area contributed by atoms with Gasteiger partial charge in [0.2, 0.25) is 11.0 Å². The fourth-order valence-corrected chi connectivity index (χ4v) is 2.09. The summed E-state index contributed by atoms with van der Waals surface area (Å²) >= 11 is 1.16. The second-order valence-corrected chi connectivity index (χ2v) is 4.84. The number of hydrogen-bond acceptors (Lipinski definition) is 6. The Morgan fingerprint density at radius 1 is 1.45 bits per heavy atom. The van der Waals surface area contributed by atoms with Crippen molar-refractivity contribution < 1.29 is 18.6 Å². The van der Waals surface area contributed by atoms with Crippen LogP contribution < -0.4 is 4.74 Å². The van der Waals surface area contributed by atoms with E-state index in [9.17, 15) is 13.9 Å². The Bertz CT molecular complexity index is 676. The van der Waals surface area contributed by atoms with E-state index in [-0.39, 0.29) is 10.9 Å². The predicted molar refractivity (Wildman–Crippen MR) is 79.0 cm³/mol. The SMILES string of the molecule is CCOc1cc(/C=N/n2c(SC)nnc2C(F)F)ccc1O. The van der Waals surface area contributed by atoms with Gasteiger partial charge >= 0.3 is 0 Å². The van der Waals surface area contributed by atoms with Crippen molar-refractivity contribution in [1.82, 2.24) is 14.9 Å². The molecule has 0 aliphatic heterocycles. The summed E-state index contributed by atoms with van der Waals surface area (Å²) in [4.78, 5) is 0. The van der Waals surface area contributed by atoms with E-state index < -0.39 is 12.2 Å². The number of benzene rings is 1. The highest BCUT2D eigenvalue weighted by atomic mass is 32.2. The second kappa shape index (κ2) is 7.21. The Kier molecular flexibility index (Phi) is 5.31. The minimum Gasteiger partial charge on any atom is -0.504 e. The molecule has 1 aromatic heterocycles. The van der Waals surface area contributed by atoms with Crippen molar-refractivity contribution in [3.63, 3.8) is 0 Å². The van der Waals surface area contributed by atoms with Crippen LogP contribution in [0, 0.1) is 0 Å². The number of ether oxygens (including phenoxy) is 1. The topological polar surface area (TPSA) is 72.5 Å². The van der Waals surface area contributed by atoms with Crippen LogP contribution in [0.5, 0.6) is 11.5 Å². The van der Waals surface area contributed by atoms with E-state index in [0.29, 0.717) is 17.9 Å². The number of nitrogens with zero attached hydrogens (tertiary/aromatic N) is 4. The molecule has 0 fully saturated rings. The van der Waals surface area contributed by atoms with Crippen molar-refractivity contribution in [3.8, 4) is 11.5 Å². The van der Waals surface area contributed by atoms with Crippen LogP contribution in [0.25, 0.3) is 0 Å². The maximum Gasteiger partial charge on any atom is 0.299 e. The van der Waals surface area contributed by atoms with Gasteiger partial charge in [-0.3, -0.25) is 0 Å².